The summed E-state index contributed by atoms with van der Waals surface area (Å²) < 4.78 is 6.12. The second-order valence-corrected chi connectivity index (χ2v) is 12.6. The largest absolute Gasteiger partial charge is 0.484 e. The number of hydrogen-bond donors (Lipinski definition) is 2. The first-order valence-corrected chi connectivity index (χ1v) is 15.8. The number of rotatable bonds is 11. The zero-order valence-electron chi connectivity index (χ0n) is 25.2. The second-order valence-electron chi connectivity index (χ2n) is 11.8. The van der Waals surface area contributed by atoms with Crippen LogP contribution in [0.2, 0.25) is 0 Å². The number of aliphatic carboxylic acids is 1. The fraction of sp³-hybridized carbons (Fsp3) is 0.455. The summed E-state index contributed by atoms with van der Waals surface area (Å²) in [7, 11) is 0. The number of carbonyl (C=O) groups excluding carboxylic acids is 1. The first kappa shape index (κ1) is 31.3. The average Bonchev–Trinajstić information content (AvgIpc) is 2.99. The number of ether oxygens (including phenoxy) is 1. The van der Waals surface area contributed by atoms with Crippen LogP contribution in [0.4, 0.5) is 5.69 Å². The van der Waals surface area contributed by atoms with Crippen LogP contribution in [0.1, 0.15) is 74.4 Å². The molecule has 9 heteroatoms. The Balaban J connectivity index is 1.51. The van der Waals surface area contributed by atoms with Gasteiger partial charge in [-0.1, -0.05) is 70.2 Å². The van der Waals surface area contributed by atoms with E-state index < -0.39 is 17.9 Å². The third-order valence-electron chi connectivity index (χ3n) is 7.71. The summed E-state index contributed by atoms with van der Waals surface area (Å²) in [5, 5.41) is 12.7. The molecule has 42 heavy (non-hydrogen) atoms. The number of carboxylic acid groups (broad SMARTS) is 1. The van der Waals surface area contributed by atoms with E-state index in [1.807, 2.05) is 36.6 Å². The van der Waals surface area contributed by atoms with Gasteiger partial charge in [-0.05, 0) is 60.1 Å². The number of anilines is 1. The topological polar surface area (TPSA) is 105 Å². The highest BCUT2D eigenvalue weighted by molar-refractivity contribution is 7.98. The lowest BCUT2D eigenvalue weighted by atomic mass is 9.87. The molecule has 1 unspecified atom stereocenters. The van der Waals surface area contributed by atoms with E-state index in [1.54, 1.807) is 6.92 Å². The molecule has 1 aliphatic rings. The van der Waals surface area contributed by atoms with E-state index >= 15 is 0 Å². The molecule has 1 aliphatic heterocycles. The number of benzene rings is 2. The maximum absolute atomic E-state index is 13.4. The van der Waals surface area contributed by atoms with Gasteiger partial charge in [0.1, 0.15) is 23.5 Å². The van der Waals surface area contributed by atoms with Crippen molar-refractivity contribution in [3.05, 3.63) is 77.2 Å². The Labute approximate surface area is 253 Å². The molecule has 1 amide bonds. The molecule has 2 aromatic carbocycles. The van der Waals surface area contributed by atoms with Crippen molar-refractivity contribution in [1.29, 1.82) is 0 Å². The lowest BCUT2D eigenvalue weighted by molar-refractivity contribution is -0.139. The van der Waals surface area contributed by atoms with Crippen molar-refractivity contribution in [2.45, 2.75) is 76.5 Å². The fourth-order valence-electron chi connectivity index (χ4n) is 5.11. The Morgan fingerprint density at radius 2 is 1.74 bits per heavy atom. The van der Waals surface area contributed by atoms with Crippen molar-refractivity contribution in [1.82, 2.24) is 15.3 Å². The van der Waals surface area contributed by atoms with Crippen LogP contribution in [0.3, 0.4) is 0 Å². The average molecular weight is 591 g/mol. The van der Waals surface area contributed by atoms with Gasteiger partial charge in [0.25, 0.3) is 5.91 Å². The third-order valence-corrected chi connectivity index (χ3v) is 8.37. The van der Waals surface area contributed by atoms with Crippen molar-refractivity contribution in [2.24, 2.45) is 5.92 Å². The molecule has 0 radical (unpaired) electrons. The van der Waals surface area contributed by atoms with Crippen molar-refractivity contribution in [2.75, 3.05) is 24.2 Å². The quantitative estimate of drug-likeness (QED) is 0.203. The SMILES string of the molecule is CCC(NC(=O)c1nc(CC2CCN(c3ccc(C(C)(C)C)cc3)CC2)nc(SC)c1OCc1ccccc1)C(=O)O. The molecule has 0 aliphatic carbocycles. The van der Waals surface area contributed by atoms with Crippen LogP contribution in [0.25, 0.3) is 0 Å². The highest BCUT2D eigenvalue weighted by Gasteiger charge is 2.28. The van der Waals surface area contributed by atoms with Gasteiger partial charge in [-0.15, -0.1) is 11.8 Å². The first-order chi connectivity index (χ1) is 20.1. The smallest absolute Gasteiger partial charge is 0.326 e. The lowest BCUT2D eigenvalue weighted by Crippen LogP contribution is -2.41. The number of piperidine rings is 1. The Hall–Kier alpha value is -3.59. The minimum absolute atomic E-state index is 0.0800. The first-order valence-electron chi connectivity index (χ1n) is 14.6. The number of aromatic nitrogens is 2. The van der Waals surface area contributed by atoms with E-state index in [4.69, 9.17) is 9.72 Å². The van der Waals surface area contributed by atoms with E-state index in [0.717, 1.165) is 31.5 Å². The molecule has 0 spiro atoms. The van der Waals surface area contributed by atoms with E-state index in [-0.39, 0.29) is 29.9 Å². The predicted octanol–water partition coefficient (Wildman–Crippen LogP) is 6.13. The van der Waals surface area contributed by atoms with Crippen LogP contribution in [0.15, 0.2) is 59.6 Å². The van der Waals surface area contributed by atoms with Crippen molar-refractivity contribution in [3.63, 3.8) is 0 Å². The molecule has 1 atom stereocenters. The molecular formula is C33H42N4O4S. The summed E-state index contributed by atoms with van der Waals surface area (Å²) in [6.45, 7) is 10.5. The zero-order valence-corrected chi connectivity index (χ0v) is 26.0. The van der Waals surface area contributed by atoms with Gasteiger partial charge in [0.05, 0.1) is 0 Å². The van der Waals surface area contributed by atoms with Gasteiger partial charge in [0, 0.05) is 25.2 Å². The second kappa shape index (κ2) is 14.1. The zero-order chi connectivity index (χ0) is 30.3. The molecule has 0 bridgehead atoms. The van der Waals surface area contributed by atoms with Gasteiger partial charge >= 0.3 is 5.97 Å². The number of hydrogen-bond acceptors (Lipinski definition) is 7. The highest BCUT2D eigenvalue weighted by Crippen LogP contribution is 2.32. The van der Waals surface area contributed by atoms with Crippen LogP contribution in [-0.4, -0.2) is 52.3 Å². The molecule has 2 N–H and O–H groups in total. The van der Waals surface area contributed by atoms with Gasteiger partial charge in [-0.25, -0.2) is 14.8 Å². The normalized spacial score (nSPS) is 14.8. The fourth-order valence-corrected chi connectivity index (χ4v) is 5.65. The summed E-state index contributed by atoms with van der Waals surface area (Å²) in [6.07, 6.45) is 4.76. The Morgan fingerprint density at radius 1 is 1.07 bits per heavy atom. The van der Waals surface area contributed by atoms with Crippen molar-refractivity contribution >= 4 is 29.3 Å². The van der Waals surface area contributed by atoms with Crippen molar-refractivity contribution < 1.29 is 19.4 Å². The summed E-state index contributed by atoms with van der Waals surface area (Å²) in [5.41, 5.74) is 3.72. The summed E-state index contributed by atoms with van der Waals surface area (Å²) in [6, 6.07) is 17.5. The maximum atomic E-state index is 13.4. The third kappa shape index (κ3) is 8.03. The van der Waals surface area contributed by atoms with E-state index in [2.05, 4.69) is 60.2 Å². The Kier molecular flexibility index (Phi) is 10.5. The van der Waals surface area contributed by atoms with E-state index in [9.17, 15) is 14.7 Å². The Morgan fingerprint density at radius 3 is 2.31 bits per heavy atom. The molecule has 1 fully saturated rings. The van der Waals surface area contributed by atoms with Crippen LogP contribution in [-0.2, 0) is 23.2 Å². The van der Waals surface area contributed by atoms with E-state index in [0.29, 0.717) is 23.2 Å². The minimum Gasteiger partial charge on any atom is -0.484 e. The predicted molar refractivity (Wildman–Crippen MR) is 168 cm³/mol. The highest BCUT2D eigenvalue weighted by atomic mass is 32.2. The van der Waals surface area contributed by atoms with E-state index in [1.165, 1.54) is 23.0 Å². The standard InChI is InChI=1S/C33H42N4O4S/c1-6-26(32(39)40)34-30(38)28-29(41-21-23-10-8-7-9-11-23)31(42-5)36-27(35-28)20-22-16-18-37(19-17-22)25-14-12-24(13-15-25)33(2,3)4/h7-15,22,26H,6,16-21H2,1-5H3,(H,34,38)(H,39,40). The lowest BCUT2D eigenvalue weighted by Gasteiger charge is -2.34. The van der Waals surface area contributed by atoms with Gasteiger partial charge in [-0.2, -0.15) is 0 Å². The minimum atomic E-state index is -1.09. The Bertz CT molecular complexity index is 1350. The molecule has 0 saturated carbocycles. The van der Waals surface area contributed by atoms with Gasteiger partial charge in [-0.3, -0.25) is 4.79 Å². The monoisotopic (exact) mass is 590 g/mol. The molecule has 3 aromatic rings. The molecule has 1 aromatic heterocycles. The molecule has 1 saturated heterocycles. The number of carboxylic acids is 1. The van der Waals surface area contributed by atoms with Gasteiger partial charge in [0.2, 0.25) is 0 Å². The van der Waals surface area contributed by atoms with Crippen LogP contribution >= 0.6 is 11.8 Å². The summed E-state index contributed by atoms with van der Waals surface area (Å²) in [4.78, 5) is 36.9. The number of thioether (sulfide) groups is 1. The number of nitrogens with one attached hydrogen (secondary N) is 1. The van der Waals surface area contributed by atoms with Gasteiger partial charge in [0.15, 0.2) is 11.4 Å². The molecule has 2 heterocycles. The maximum Gasteiger partial charge on any atom is 0.326 e. The number of amides is 1. The molecular weight excluding hydrogens is 548 g/mol. The number of carbonyl (C=O) groups is 2. The van der Waals surface area contributed by atoms with Crippen LogP contribution in [0, 0.1) is 5.92 Å². The molecule has 4 rings (SSSR count). The van der Waals surface area contributed by atoms with Crippen LogP contribution in [0.5, 0.6) is 5.75 Å². The summed E-state index contributed by atoms with van der Waals surface area (Å²) in [5.74, 6) is -0.426. The molecule has 224 valence electrons. The van der Waals surface area contributed by atoms with Crippen LogP contribution < -0.4 is 15.0 Å². The summed E-state index contributed by atoms with van der Waals surface area (Å²) >= 11 is 1.39. The van der Waals surface area contributed by atoms with Crippen molar-refractivity contribution in [3.8, 4) is 5.75 Å². The number of nitrogens with zero attached hydrogens (tertiary/aromatic N) is 3. The van der Waals surface area contributed by atoms with Gasteiger partial charge < -0.3 is 20.1 Å². The molecule has 8 nitrogen and oxygen atoms in total.